The zero-order valence-corrected chi connectivity index (χ0v) is 16.1. The molecule has 0 atom stereocenters. The second kappa shape index (κ2) is 7.15. The van der Waals surface area contributed by atoms with Crippen LogP contribution in [0.1, 0.15) is 51.4 Å². The molecular formula is C20H22N4O2S. The molecule has 0 unspecified atom stereocenters. The average Bonchev–Trinajstić information content (AvgIpc) is 3.16. The van der Waals surface area contributed by atoms with Crippen molar-refractivity contribution in [1.82, 2.24) is 9.38 Å². The van der Waals surface area contributed by atoms with Crippen LogP contribution in [0.4, 0.5) is 5.00 Å². The van der Waals surface area contributed by atoms with Gasteiger partial charge in [-0.05, 0) is 56.7 Å². The molecule has 3 aromatic rings. The number of primary amides is 1. The van der Waals surface area contributed by atoms with Gasteiger partial charge < -0.3 is 15.5 Å². The Morgan fingerprint density at radius 1 is 1.30 bits per heavy atom. The van der Waals surface area contributed by atoms with E-state index in [-0.39, 0.29) is 5.91 Å². The molecule has 6 nitrogen and oxygen atoms in total. The van der Waals surface area contributed by atoms with E-state index in [2.05, 4.69) is 10.3 Å². The minimum Gasteiger partial charge on any atom is -0.365 e. The van der Waals surface area contributed by atoms with Crippen molar-refractivity contribution in [3.8, 4) is 0 Å². The van der Waals surface area contributed by atoms with Crippen LogP contribution in [0.5, 0.6) is 0 Å². The Morgan fingerprint density at radius 3 is 2.93 bits per heavy atom. The molecular weight excluding hydrogens is 360 g/mol. The second-order valence-electron chi connectivity index (χ2n) is 6.90. The summed E-state index contributed by atoms with van der Waals surface area (Å²) in [5, 5.41) is 3.53. The van der Waals surface area contributed by atoms with Crippen molar-refractivity contribution in [1.29, 1.82) is 0 Å². The second-order valence-corrected chi connectivity index (χ2v) is 8.01. The summed E-state index contributed by atoms with van der Waals surface area (Å²) in [5.74, 6) is -0.566. The largest absolute Gasteiger partial charge is 0.365 e. The number of carbonyl (C=O) groups is 2. The number of imidazole rings is 1. The Balaban J connectivity index is 1.51. The Kier molecular flexibility index (Phi) is 4.70. The van der Waals surface area contributed by atoms with Crippen molar-refractivity contribution in [2.45, 2.75) is 45.4 Å². The van der Waals surface area contributed by atoms with Gasteiger partial charge in [0.1, 0.15) is 10.6 Å². The highest BCUT2D eigenvalue weighted by atomic mass is 32.1. The third-order valence-electron chi connectivity index (χ3n) is 5.09. The minimum absolute atomic E-state index is 0.110. The van der Waals surface area contributed by atoms with Gasteiger partial charge >= 0.3 is 0 Å². The van der Waals surface area contributed by atoms with E-state index in [4.69, 9.17) is 5.73 Å². The zero-order valence-electron chi connectivity index (χ0n) is 15.2. The lowest BCUT2D eigenvalue weighted by Gasteiger charge is -2.11. The van der Waals surface area contributed by atoms with E-state index in [0.29, 0.717) is 23.4 Å². The number of aromatic nitrogens is 2. The van der Waals surface area contributed by atoms with Crippen LogP contribution >= 0.6 is 11.3 Å². The summed E-state index contributed by atoms with van der Waals surface area (Å²) >= 11 is 1.50. The van der Waals surface area contributed by atoms with Gasteiger partial charge in [0.15, 0.2) is 0 Å². The molecule has 0 spiro atoms. The first-order valence-electron chi connectivity index (χ1n) is 9.21. The molecule has 7 heteroatoms. The topological polar surface area (TPSA) is 89.5 Å². The predicted octanol–water partition coefficient (Wildman–Crippen LogP) is 3.25. The summed E-state index contributed by atoms with van der Waals surface area (Å²) < 4.78 is 2.02. The summed E-state index contributed by atoms with van der Waals surface area (Å²) in [6.45, 7) is 1.96. The first-order chi connectivity index (χ1) is 13.0. The molecule has 0 aromatic carbocycles. The maximum atomic E-state index is 12.6. The molecule has 0 radical (unpaired) electrons. The van der Waals surface area contributed by atoms with Crippen LogP contribution in [0.2, 0.25) is 0 Å². The monoisotopic (exact) mass is 382 g/mol. The molecule has 3 aromatic heterocycles. The van der Waals surface area contributed by atoms with Crippen molar-refractivity contribution in [3.63, 3.8) is 0 Å². The first kappa shape index (κ1) is 17.7. The molecule has 27 heavy (non-hydrogen) atoms. The Labute approximate surface area is 161 Å². The molecule has 3 heterocycles. The number of pyridine rings is 1. The fraction of sp³-hybridized carbons (Fsp3) is 0.350. The van der Waals surface area contributed by atoms with Crippen molar-refractivity contribution in [2.24, 2.45) is 5.73 Å². The van der Waals surface area contributed by atoms with Crippen molar-refractivity contribution in [3.05, 3.63) is 51.8 Å². The number of nitrogens with two attached hydrogens (primary N) is 1. The Bertz CT molecular complexity index is 1030. The van der Waals surface area contributed by atoms with E-state index in [0.717, 1.165) is 48.3 Å². The third kappa shape index (κ3) is 3.35. The zero-order chi connectivity index (χ0) is 19.0. The van der Waals surface area contributed by atoms with Crippen molar-refractivity contribution >= 4 is 33.8 Å². The lowest BCUT2D eigenvalue weighted by molar-refractivity contribution is -0.116. The molecule has 3 N–H and O–H groups in total. The molecule has 0 saturated heterocycles. The standard InChI is InChI=1S/C20H22N4O2S/c1-12-14(24-11-5-4-8-16(24)22-12)9-10-17(25)23-20-18(19(21)26)13-6-2-3-7-15(13)27-20/h4-5,8,11H,2-3,6-7,9-10H2,1H3,(H2,21,26)(H,23,25). The van der Waals surface area contributed by atoms with Gasteiger partial charge in [0.25, 0.3) is 5.91 Å². The first-order valence-corrected chi connectivity index (χ1v) is 10.0. The van der Waals surface area contributed by atoms with Gasteiger partial charge in [0.05, 0.1) is 11.3 Å². The molecule has 0 bridgehead atoms. The lowest BCUT2D eigenvalue weighted by Crippen LogP contribution is -2.19. The molecule has 2 amide bonds. The number of nitrogens with one attached hydrogen (secondary N) is 1. The van der Waals surface area contributed by atoms with Crippen molar-refractivity contribution < 1.29 is 9.59 Å². The molecule has 1 aliphatic carbocycles. The molecule has 0 fully saturated rings. The van der Waals surface area contributed by atoms with Crippen LogP contribution in [-0.4, -0.2) is 21.2 Å². The quantitative estimate of drug-likeness (QED) is 0.710. The number of amides is 2. The maximum Gasteiger partial charge on any atom is 0.251 e. The molecule has 0 aliphatic heterocycles. The number of anilines is 1. The van der Waals surface area contributed by atoms with Gasteiger partial charge in [-0.25, -0.2) is 4.98 Å². The predicted molar refractivity (Wildman–Crippen MR) is 106 cm³/mol. The van der Waals surface area contributed by atoms with Gasteiger partial charge in [-0.3, -0.25) is 9.59 Å². The summed E-state index contributed by atoms with van der Waals surface area (Å²) in [6, 6.07) is 5.85. The molecule has 1 aliphatic rings. The SMILES string of the molecule is Cc1nc2ccccn2c1CCC(=O)Nc1sc2c(c1C(N)=O)CCCC2. The van der Waals surface area contributed by atoms with Crippen LogP contribution in [0.3, 0.4) is 0 Å². The fourth-order valence-corrected chi connectivity index (χ4v) is 5.11. The highest BCUT2D eigenvalue weighted by Gasteiger charge is 2.25. The lowest BCUT2D eigenvalue weighted by atomic mass is 9.95. The number of fused-ring (bicyclic) bond motifs is 2. The van der Waals surface area contributed by atoms with Crippen LogP contribution in [0.15, 0.2) is 24.4 Å². The fourth-order valence-electron chi connectivity index (χ4n) is 3.80. The van der Waals surface area contributed by atoms with Gasteiger partial charge in [0.2, 0.25) is 5.91 Å². The number of carbonyl (C=O) groups excluding carboxylic acids is 2. The van der Waals surface area contributed by atoms with Crippen LogP contribution in [0, 0.1) is 6.92 Å². The van der Waals surface area contributed by atoms with Crippen LogP contribution in [-0.2, 0) is 24.1 Å². The Morgan fingerprint density at radius 2 is 2.11 bits per heavy atom. The van der Waals surface area contributed by atoms with E-state index in [1.807, 2.05) is 35.7 Å². The average molecular weight is 382 g/mol. The van der Waals surface area contributed by atoms with Crippen LogP contribution in [0.25, 0.3) is 5.65 Å². The highest BCUT2D eigenvalue weighted by Crippen LogP contribution is 2.38. The van der Waals surface area contributed by atoms with E-state index < -0.39 is 5.91 Å². The van der Waals surface area contributed by atoms with Crippen LogP contribution < -0.4 is 11.1 Å². The number of hydrogen-bond donors (Lipinski definition) is 2. The molecule has 140 valence electrons. The summed E-state index contributed by atoms with van der Waals surface area (Å²) in [6.07, 6.45) is 6.86. The van der Waals surface area contributed by atoms with Gasteiger partial charge in [0, 0.05) is 23.2 Å². The van der Waals surface area contributed by atoms with E-state index in [1.165, 1.54) is 16.2 Å². The smallest absolute Gasteiger partial charge is 0.251 e. The maximum absolute atomic E-state index is 12.6. The molecule has 0 saturated carbocycles. The van der Waals surface area contributed by atoms with Crippen molar-refractivity contribution in [2.75, 3.05) is 5.32 Å². The van der Waals surface area contributed by atoms with Gasteiger partial charge in [-0.15, -0.1) is 11.3 Å². The summed E-state index contributed by atoms with van der Waals surface area (Å²) in [7, 11) is 0. The van der Waals surface area contributed by atoms with E-state index >= 15 is 0 Å². The number of thiophene rings is 1. The number of hydrogen-bond acceptors (Lipinski definition) is 4. The normalized spacial score (nSPS) is 13.5. The minimum atomic E-state index is -0.456. The third-order valence-corrected chi connectivity index (χ3v) is 6.30. The van der Waals surface area contributed by atoms with Gasteiger partial charge in [-0.1, -0.05) is 6.07 Å². The highest BCUT2D eigenvalue weighted by molar-refractivity contribution is 7.17. The summed E-state index contributed by atoms with van der Waals surface area (Å²) in [5.41, 5.74) is 9.98. The number of nitrogens with zero attached hydrogens (tertiary/aromatic N) is 2. The van der Waals surface area contributed by atoms with E-state index in [9.17, 15) is 9.59 Å². The Hall–Kier alpha value is -2.67. The summed E-state index contributed by atoms with van der Waals surface area (Å²) in [4.78, 5) is 30.2. The van der Waals surface area contributed by atoms with E-state index in [1.54, 1.807) is 0 Å². The van der Waals surface area contributed by atoms with Gasteiger partial charge in [-0.2, -0.15) is 0 Å². The molecule has 4 rings (SSSR count). The number of rotatable bonds is 5. The number of aryl methyl sites for hydroxylation is 3.